The molecule has 0 saturated heterocycles. The highest BCUT2D eigenvalue weighted by Gasteiger charge is 2.10. The minimum atomic E-state index is -0.495. The zero-order chi connectivity index (χ0) is 12.0. The SMILES string of the molecule is CCO/C=C/c1ccc(C(=O)OC)c(N)n1. The van der Waals surface area contributed by atoms with E-state index in [1.54, 1.807) is 18.2 Å². The van der Waals surface area contributed by atoms with Gasteiger partial charge in [0.25, 0.3) is 0 Å². The predicted molar refractivity (Wildman–Crippen MR) is 60.6 cm³/mol. The normalized spacial score (nSPS) is 10.4. The summed E-state index contributed by atoms with van der Waals surface area (Å²) in [6.45, 7) is 2.47. The Labute approximate surface area is 93.9 Å². The Morgan fingerprint density at radius 3 is 2.88 bits per heavy atom. The lowest BCUT2D eigenvalue weighted by molar-refractivity contribution is 0.0601. The van der Waals surface area contributed by atoms with Crippen molar-refractivity contribution in [1.82, 2.24) is 4.98 Å². The van der Waals surface area contributed by atoms with E-state index in [-0.39, 0.29) is 11.4 Å². The number of aromatic nitrogens is 1. The number of rotatable bonds is 4. The third-order valence-electron chi connectivity index (χ3n) is 1.85. The van der Waals surface area contributed by atoms with E-state index in [1.807, 2.05) is 6.92 Å². The highest BCUT2D eigenvalue weighted by molar-refractivity contribution is 5.94. The summed E-state index contributed by atoms with van der Waals surface area (Å²) >= 11 is 0. The topological polar surface area (TPSA) is 74.4 Å². The van der Waals surface area contributed by atoms with Crippen LogP contribution >= 0.6 is 0 Å². The van der Waals surface area contributed by atoms with E-state index in [1.165, 1.54) is 13.4 Å². The number of nitrogens with zero attached hydrogens (tertiary/aromatic N) is 1. The van der Waals surface area contributed by atoms with E-state index in [0.717, 1.165) is 0 Å². The van der Waals surface area contributed by atoms with Crippen molar-refractivity contribution in [2.75, 3.05) is 19.5 Å². The first-order valence-corrected chi connectivity index (χ1v) is 4.82. The molecule has 0 amide bonds. The smallest absolute Gasteiger partial charge is 0.341 e. The number of anilines is 1. The standard InChI is InChI=1S/C11H14N2O3/c1-3-16-7-6-8-4-5-9(10(12)13-8)11(14)15-2/h4-7H,3H2,1-2H3,(H2,12,13)/b7-6+. The van der Waals surface area contributed by atoms with Gasteiger partial charge in [0.2, 0.25) is 0 Å². The largest absolute Gasteiger partial charge is 0.501 e. The van der Waals surface area contributed by atoms with Gasteiger partial charge in [-0.05, 0) is 25.1 Å². The number of hydrogen-bond acceptors (Lipinski definition) is 5. The average Bonchev–Trinajstić information content (AvgIpc) is 2.29. The molecule has 86 valence electrons. The first-order chi connectivity index (χ1) is 7.69. The maximum atomic E-state index is 11.2. The lowest BCUT2D eigenvalue weighted by Gasteiger charge is -2.03. The molecule has 0 aromatic carbocycles. The molecule has 1 aromatic rings. The second-order valence-corrected chi connectivity index (χ2v) is 2.92. The van der Waals surface area contributed by atoms with E-state index in [2.05, 4.69) is 9.72 Å². The first-order valence-electron chi connectivity index (χ1n) is 4.82. The van der Waals surface area contributed by atoms with Crippen molar-refractivity contribution in [3.63, 3.8) is 0 Å². The number of ether oxygens (including phenoxy) is 2. The van der Waals surface area contributed by atoms with Crippen LogP contribution in [0.4, 0.5) is 5.82 Å². The lowest BCUT2D eigenvalue weighted by Crippen LogP contribution is -2.07. The van der Waals surface area contributed by atoms with E-state index < -0.39 is 5.97 Å². The van der Waals surface area contributed by atoms with Crippen LogP contribution < -0.4 is 5.73 Å². The van der Waals surface area contributed by atoms with Gasteiger partial charge in [-0.15, -0.1) is 0 Å². The first kappa shape index (κ1) is 12.0. The molecule has 5 nitrogen and oxygen atoms in total. The van der Waals surface area contributed by atoms with Gasteiger partial charge in [-0.3, -0.25) is 0 Å². The summed E-state index contributed by atoms with van der Waals surface area (Å²) in [7, 11) is 1.30. The van der Waals surface area contributed by atoms with Crippen molar-refractivity contribution in [2.45, 2.75) is 6.92 Å². The Morgan fingerprint density at radius 2 is 2.31 bits per heavy atom. The molecule has 0 saturated carbocycles. The molecule has 1 rings (SSSR count). The molecule has 0 aliphatic carbocycles. The van der Waals surface area contributed by atoms with Crippen LogP contribution in [-0.2, 0) is 9.47 Å². The van der Waals surface area contributed by atoms with Crippen LogP contribution in [0, 0.1) is 0 Å². The highest BCUT2D eigenvalue weighted by atomic mass is 16.5. The van der Waals surface area contributed by atoms with Crippen LogP contribution in [0.15, 0.2) is 18.4 Å². The van der Waals surface area contributed by atoms with E-state index in [9.17, 15) is 4.79 Å². The molecule has 16 heavy (non-hydrogen) atoms. The van der Waals surface area contributed by atoms with Gasteiger partial charge in [-0.1, -0.05) is 0 Å². The molecule has 0 aliphatic heterocycles. The Morgan fingerprint density at radius 1 is 1.56 bits per heavy atom. The third-order valence-corrected chi connectivity index (χ3v) is 1.85. The Hall–Kier alpha value is -2.04. The van der Waals surface area contributed by atoms with Gasteiger partial charge in [0, 0.05) is 0 Å². The minimum Gasteiger partial charge on any atom is -0.501 e. The molecule has 1 aromatic heterocycles. The van der Waals surface area contributed by atoms with Gasteiger partial charge >= 0.3 is 5.97 Å². The maximum absolute atomic E-state index is 11.2. The Balaban J connectivity index is 2.86. The summed E-state index contributed by atoms with van der Waals surface area (Å²) in [5, 5.41) is 0. The van der Waals surface area contributed by atoms with Gasteiger partial charge in [0.1, 0.15) is 11.4 Å². The molecule has 2 N–H and O–H groups in total. The van der Waals surface area contributed by atoms with Gasteiger partial charge < -0.3 is 15.2 Å². The molecule has 0 fully saturated rings. The van der Waals surface area contributed by atoms with Crippen molar-refractivity contribution in [3.8, 4) is 0 Å². The third kappa shape index (κ3) is 2.98. The summed E-state index contributed by atoms with van der Waals surface area (Å²) in [6.07, 6.45) is 3.19. The van der Waals surface area contributed by atoms with Gasteiger partial charge in [-0.25, -0.2) is 9.78 Å². The van der Waals surface area contributed by atoms with Crippen molar-refractivity contribution >= 4 is 17.9 Å². The molecule has 0 radical (unpaired) electrons. The summed E-state index contributed by atoms with van der Waals surface area (Å²) in [5.41, 5.74) is 6.50. The van der Waals surface area contributed by atoms with Crippen LogP contribution in [0.25, 0.3) is 6.08 Å². The monoisotopic (exact) mass is 222 g/mol. The highest BCUT2D eigenvalue weighted by Crippen LogP contribution is 2.12. The summed E-state index contributed by atoms with van der Waals surface area (Å²) < 4.78 is 9.58. The zero-order valence-corrected chi connectivity index (χ0v) is 9.27. The molecule has 0 spiro atoms. The second-order valence-electron chi connectivity index (χ2n) is 2.92. The van der Waals surface area contributed by atoms with E-state index in [4.69, 9.17) is 10.5 Å². The van der Waals surface area contributed by atoms with Gasteiger partial charge in [-0.2, -0.15) is 0 Å². The second kappa shape index (κ2) is 5.75. The van der Waals surface area contributed by atoms with Crippen molar-refractivity contribution in [3.05, 3.63) is 29.7 Å². The molecule has 0 atom stereocenters. The van der Waals surface area contributed by atoms with Crippen LogP contribution in [0.3, 0.4) is 0 Å². The number of methoxy groups -OCH3 is 1. The fourth-order valence-electron chi connectivity index (χ4n) is 1.08. The van der Waals surface area contributed by atoms with Gasteiger partial charge in [0.15, 0.2) is 0 Å². The summed E-state index contributed by atoms with van der Waals surface area (Å²) in [6, 6.07) is 3.23. The number of esters is 1. The molecule has 0 aliphatic rings. The summed E-state index contributed by atoms with van der Waals surface area (Å²) in [4.78, 5) is 15.2. The van der Waals surface area contributed by atoms with Crippen LogP contribution in [0.2, 0.25) is 0 Å². The number of pyridine rings is 1. The molecular formula is C11H14N2O3. The molecule has 0 unspecified atom stereocenters. The fraction of sp³-hybridized carbons (Fsp3) is 0.273. The molecular weight excluding hydrogens is 208 g/mol. The average molecular weight is 222 g/mol. The number of carbonyl (C=O) groups is 1. The predicted octanol–water partition coefficient (Wildman–Crippen LogP) is 1.46. The summed E-state index contributed by atoms with van der Waals surface area (Å²) in [5.74, 6) is -0.351. The van der Waals surface area contributed by atoms with E-state index >= 15 is 0 Å². The maximum Gasteiger partial charge on any atom is 0.341 e. The zero-order valence-electron chi connectivity index (χ0n) is 9.27. The van der Waals surface area contributed by atoms with Crippen molar-refractivity contribution in [1.29, 1.82) is 0 Å². The number of nitrogen functional groups attached to an aromatic ring is 1. The van der Waals surface area contributed by atoms with Gasteiger partial charge in [0.05, 0.1) is 25.7 Å². The molecule has 0 bridgehead atoms. The van der Waals surface area contributed by atoms with Crippen molar-refractivity contribution < 1.29 is 14.3 Å². The quantitative estimate of drug-likeness (QED) is 0.616. The number of nitrogens with two attached hydrogens (primary N) is 1. The van der Waals surface area contributed by atoms with E-state index in [0.29, 0.717) is 12.3 Å². The number of carbonyl (C=O) groups excluding carboxylic acids is 1. The van der Waals surface area contributed by atoms with Crippen molar-refractivity contribution in [2.24, 2.45) is 0 Å². The van der Waals surface area contributed by atoms with Crippen LogP contribution in [0.1, 0.15) is 23.0 Å². The minimum absolute atomic E-state index is 0.144. The van der Waals surface area contributed by atoms with Crippen LogP contribution in [0.5, 0.6) is 0 Å². The Bertz CT molecular complexity index is 402. The fourth-order valence-corrected chi connectivity index (χ4v) is 1.08. The lowest BCUT2D eigenvalue weighted by atomic mass is 10.2. The Kier molecular flexibility index (Phi) is 4.32. The number of hydrogen-bond donors (Lipinski definition) is 1. The molecule has 5 heteroatoms. The van der Waals surface area contributed by atoms with Crippen LogP contribution in [-0.4, -0.2) is 24.7 Å². The molecule has 1 heterocycles.